The second kappa shape index (κ2) is 9.69. The van der Waals surface area contributed by atoms with Gasteiger partial charge in [-0.1, -0.05) is 24.3 Å². The van der Waals surface area contributed by atoms with Crippen LogP contribution in [0.4, 0.5) is 10.2 Å². The van der Waals surface area contributed by atoms with Gasteiger partial charge in [-0.15, -0.1) is 0 Å². The van der Waals surface area contributed by atoms with Crippen LogP contribution in [0.2, 0.25) is 0 Å². The first-order valence-corrected chi connectivity index (χ1v) is 13.3. The summed E-state index contributed by atoms with van der Waals surface area (Å²) in [5.74, 6) is 0.119. The number of rotatable bonds is 7. The van der Waals surface area contributed by atoms with E-state index in [9.17, 15) is 14.0 Å². The second-order valence-corrected chi connectivity index (χ2v) is 10.6. The van der Waals surface area contributed by atoms with Crippen molar-refractivity contribution in [2.24, 2.45) is 5.92 Å². The van der Waals surface area contributed by atoms with Crippen LogP contribution in [0.25, 0.3) is 32.9 Å². The molecule has 0 spiro atoms. The van der Waals surface area contributed by atoms with E-state index in [1.807, 2.05) is 49.5 Å². The number of aromatic amines is 1. The lowest BCUT2D eigenvalue weighted by molar-refractivity contribution is -0.117. The standard InChI is InChI=1S/C31H30FN5O2/c1-17(2)37-16-26(31(39)33-18(3)20-5-4-6-23(32)13-20)25-14-21(10-12-28(25)37)22-9-11-24-27(15-22)35-36-29(24)34-30(38)19-7-8-19/h4-6,9-19H,7-8H2,1-3H3,(H,33,39)(H2,34,35,36,38). The first-order valence-electron chi connectivity index (χ1n) is 13.3. The monoisotopic (exact) mass is 523 g/mol. The molecule has 1 atom stereocenters. The molecule has 2 amide bonds. The molecule has 0 radical (unpaired) electrons. The van der Waals surface area contributed by atoms with Crippen molar-refractivity contribution in [2.75, 3.05) is 5.32 Å². The Kier molecular flexibility index (Phi) is 6.17. The first kappa shape index (κ1) is 24.9. The Labute approximate surface area is 225 Å². The third-order valence-electron chi connectivity index (χ3n) is 7.42. The quantitative estimate of drug-likeness (QED) is 0.220. The summed E-state index contributed by atoms with van der Waals surface area (Å²) in [6.07, 6.45) is 3.76. The van der Waals surface area contributed by atoms with Crippen LogP contribution in [0.5, 0.6) is 0 Å². The molecule has 1 fully saturated rings. The topological polar surface area (TPSA) is 91.8 Å². The minimum Gasteiger partial charge on any atom is -0.345 e. The van der Waals surface area contributed by atoms with E-state index in [0.29, 0.717) is 16.9 Å². The number of fused-ring (bicyclic) bond motifs is 2. The van der Waals surface area contributed by atoms with Gasteiger partial charge in [-0.05, 0) is 86.7 Å². The molecule has 0 saturated heterocycles. The van der Waals surface area contributed by atoms with Crippen molar-refractivity contribution in [1.82, 2.24) is 20.1 Å². The molecule has 2 aromatic heterocycles. The van der Waals surface area contributed by atoms with Crippen molar-refractivity contribution in [3.8, 4) is 11.1 Å². The maximum absolute atomic E-state index is 13.7. The number of hydrogen-bond donors (Lipinski definition) is 3. The third kappa shape index (κ3) is 4.78. The lowest BCUT2D eigenvalue weighted by atomic mass is 10.0. The van der Waals surface area contributed by atoms with E-state index < -0.39 is 0 Å². The molecule has 1 aliphatic rings. The number of nitrogens with one attached hydrogen (secondary N) is 3. The van der Waals surface area contributed by atoms with Gasteiger partial charge in [0.1, 0.15) is 5.82 Å². The number of carbonyl (C=O) groups excluding carboxylic acids is 2. The fourth-order valence-electron chi connectivity index (χ4n) is 5.04. The molecule has 5 aromatic rings. The summed E-state index contributed by atoms with van der Waals surface area (Å²) in [5, 5.41) is 15.0. The van der Waals surface area contributed by atoms with Crippen molar-refractivity contribution in [1.29, 1.82) is 0 Å². The highest BCUT2D eigenvalue weighted by Gasteiger charge is 2.30. The normalized spacial score (nSPS) is 14.2. The van der Waals surface area contributed by atoms with E-state index in [0.717, 1.165) is 45.8 Å². The Bertz CT molecular complexity index is 1730. The lowest BCUT2D eigenvalue weighted by Gasteiger charge is -2.14. The van der Waals surface area contributed by atoms with Crippen molar-refractivity contribution in [2.45, 2.75) is 45.7 Å². The van der Waals surface area contributed by atoms with E-state index in [4.69, 9.17) is 0 Å². The predicted molar refractivity (Wildman–Crippen MR) is 151 cm³/mol. The van der Waals surface area contributed by atoms with Gasteiger partial charge in [-0.25, -0.2) is 4.39 Å². The highest BCUT2D eigenvalue weighted by Crippen LogP contribution is 2.34. The van der Waals surface area contributed by atoms with Gasteiger partial charge in [-0.3, -0.25) is 14.7 Å². The molecule has 39 heavy (non-hydrogen) atoms. The summed E-state index contributed by atoms with van der Waals surface area (Å²) in [6.45, 7) is 6.01. The zero-order chi connectivity index (χ0) is 27.3. The van der Waals surface area contributed by atoms with Gasteiger partial charge in [0.2, 0.25) is 5.91 Å². The van der Waals surface area contributed by atoms with Crippen LogP contribution in [-0.4, -0.2) is 26.6 Å². The van der Waals surface area contributed by atoms with Crippen LogP contribution in [0.3, 0.4) is 0 Å². The number of amides is 2. The van der Waals surface area contributed by atoms with Crippen molar-refractivity contribution in [3.05, 3.63) is 83.8 Å². The lowest BCUT2D eigenvalue weighted by Crippen LogP contribution is -2.26. The highest BCUT2D eigenvalue weighted by atomic mass is 19.1. The number of benzene rings is 3. The third-order valence-corrected chi connectivity index (χ3v) is 7.42. The largest absolute Gasteiger partial charge is 0.345 e. The predicted octanol–water partition coefficient (Wildman–Crippen LogP) is 6.74. The number of aromatic nitrogens is 3. The average Bonchev–Trinajstić information content (AvgIpc) is 3.60. The van der Waals surface area contributed by atoms with Crippen LogP contribution < -0.4 is 10.6 Å². The van der Waals surface area contributed by atoms with Gasteiger partial charge < -0.3 is 15.2 Å². The van der Waals surface area contributed by atoms with E-state index in [2.05, 4.69) is 39.2 Å². The molecule has 0 aliphatic heterocycles. The van der Waals surface area contributed by atoms with Crippen molar-refractivity contribution in [3.63, 3.8) is 0 Å². The van der Waals surface area contributed by atoms with Crippen molar-refractivity contribution >= 4 is 39.4 Å². The summed E-state index contributed by atoms with van der Waals surface area (Å²) >= 11 is 0. The Morgan fingerprint density at radius 1 is 1.00 bits per heavy atom. The molecule has 0 bridgehead atoms. The highest BCUT2D eigenvalue weighted by molar-refractivity contribution is 6.08. The Hall–Kier alpha value is -4.46. The number of H-pyrrole nitrogens is 1. The zero-order valence-electron chi connectivity index (χ0n) is 22.1. The Morgan fingerprint density at radius 2 is 1.77 bits per heavy atom. The second-order valence-electron chi connectivity index (χ2n) is 10.6. The smallest absolute Gasteiger partial charge is 0.253 e. The molecule has 3 aromatic carbocycles. The summed E-state index contributed by atoms with van der Waals surface area (Å²) in [5.41, 5.74) is 4.97. The number of carbonyl (C=O) groups is 2. The van der Waals surface area contributed by atoms with Gasteiger partial charge in [0.05, 0.1) is 17.1 Å². The van der Waals surface area contributed by atoms with E-state index in [1.54, 1.807) is 12.1 Å². The van der Waals surface area contributed by atoms with E-state index in [1.165, 1.54) is 12.1 Å². The summed E-state index contributed by atoms with van der Waals surface area (Å²) < 4.78 is 15.8. The van der Waals surface area contributed by atoms with Gasteiger partial charge in [0.25, 0.3) is 5.91 Å². The molecular weight excluding hydrogens is 493 g/mol. The molecule has 1 saturated carbocycles. The SMILES string of the molecule is CC(NC(=O)c1cn(C(C)C)c2ccc(-c3ccc4c(NC(=O)C5CC5)n[nH]c4c3)cc12)c1cccc(F)c1. The fraction of sp³-hybridized carbons (Fsp3) is 0.258. The van der Waals surface area contributed by atoms with Crippen LogP contribution >= 0.6 is 0 Å². The molecular formula is C31H30FN5O2. The number of hydrogen-bond acceptors (Lipinski definition) is 3. The van der Waals surface area contributed by atoms with Crippen LogP contribution in [-0.2, 0) is 4.79 Å². The molecule has 7 nitrogen and oxygen atoms in total. The van der Waals surface area contributed by atoms with E-state index in [-0.39, 0.29) is 35.6 Å². The zero-order valence-corrected chi connectivity index (χ0v) is 22.1. The van der Waals surface area contributed by atoms with Crippen LogP contribution in [0, 0.1) is 11.7 Å². The molecule has 8 heteroatoms. The summed E-state index contributed by atoms with van der Waals surface area (Å²) in [4.78, 5) is 25.7. The van der Waals surface area contributed by atoms with Crippen LogP contribution in [0.15, 0.2) is 66.9 Å². The average molecular weight is 524 g/mol. The van der Waals surface area contributed by atoms with Crippen molar-refractivity contribution < 1.29 is 14.0 Å². The minimum absolute atomic E-state index is 0.0186. The van der Waals surface area contributed by atoms with Crippen LogP contribution in [0.1, 0.15) is 61.6 Å². The summed E-state index contributed by atoms with van der Waals surface area (Å²) in [7, 11) is 0. The van der Waals surface area contributed by atoms with E-state index >= 15 is 0 Å². The first-order chi connectivity index (χ1) is 18.8. The van der Waals surface area contributed by atoms with Gasteiger partial charge >= 0.3 is 0 Å². The molecule has 1 aliphatic carbocycles. The van der Waals surface area contributed by atoms with Gasteiger partial charge in [0.15, 0.2) is 5.82 Å². The number of halogens is 1. The maximum atomic E-state index is 13.7. The summed E-state index contributed by atoms with van der Waals surface area (Å²) in [6, 6.07) is 18.1. The minimum atomic E-state index is -0.355. The van der Waals surface area contributed by atoms with Gasteiger partial charge in [-0.2, -0.15) is 5.10 Å². The van der Waals surface area contributed by atoms with Gasteiger partial charge in [0, 0.05) is 34.4 Å². The number of nitrogens with zero attached hydrogens (tertiary/aromatic N) is 2. The number of anilines is 1. The Morgan fingerprint density at radius 3 is 2.51 bits per heavy atom. The molecule has 198 valence electrons. The Balaban J connectivity index is 1.33. The molecule has 6 rings (SSSR count). The maximum Gasteiger partial charge on any atom is 0.253 e. The fourth-order valence-corrected chi connectivity index (χ4v) is 5.04. The molecule has 2 heterocycles. The molecule has 3 N–H and O–H groups in total. The molecule has 1 unspecified atom stereocenters.